The Kier molecular flexibility index (Phi) is 2.44. The van der Waals surface area contributed by atoms with E-state index in [0.717, 1.165) is 6.42 Å². The summed E-state index contributed by atoms with van der Waals surface area (Å²) in [5.41, 5.74) is 5.78. The molecule has 0 bridgehead atoms. The van der Waals surface area contributed by atoms with Crippen LogP contribution in [0.4, 0.5) is 0 Å². The smallest absolute Gasteiger partial charge is 0.249 e. The van der Waals surface area contributed by atoms with Crippen molar-refractivity contribution in [3.05, 3.63) is 25.3 Å². The molecule has 60 valence electrons. The molecule has 0 amide bonds. The van der Waals surface area contributed by atoms with Crippen LogP contribution in [0.2, 0.25) is 0 Å². The van der Waals surface area contributed by atoms with Crippen LogP contribution in [-0.2, 0) is 0 Å². The molecule has 1 atom stereocenters. The molecular weight excluding hydrogens is 138 g/mol. The minimum atomic E-state index is 0.0798. The molecule has 1 aromatic heterocycles. The van der Waals surface area contributed by atoms with Gasteiger partial charge in [0.25, 0.3) is 0 Å². The highest BCUT2D eigenvalue weighted by atomic mass is 15.2. The Bertz CT molecular complexity index is 239. The summed E-state index contributed by atoms with van der Waals surface area (Å²) in [6.07, 6.45) is 8.53. The quantitative estimate of drug-likeness (QED) is 0.637. The summed E-state index contributed by atoms with van der Waals surface area (Å²) >= 11 is 0. The van der Waals surface area contributed by atoms with Crippen LogP contribution in [0.1, 0.15) is 19.5 Å². The maximum atomic E-state index is 5.78. The topological polar surface area (TPSA) is 34.8 Å². The molecular formula is C8H14N3+. The fourth-order valence-electron chi connectivity index (χ4n) is 0.900. The van der Waals surface area contributed by atoms with Gasteiger partial charge in [0.1, 0.15) is 18.6 Å². The van der Waals surface area contributed by atoms with Crippen molar-refractivity contribution in [3.8, 4) is 0 Å². The molecule has 0 saturated carbocycles. The van der Waals surface area contributed by atoms with Crippen molar-refractivity contribution in [1.82, 2.24) is 4.57 Å². The first-order valence-corrected chi connectivity index (χ1v) is 3.74. The minimum Gasteiger partial charge on any atom is -0.293 e. The zero-order valence-electron chi connectivity index (χ0n) is 6.77. The first-order valence-electron chi connectivity index (χ1n) is 3.74. The summed E-state index contributed by atoms with van der Waals surface area (Å²) < 4.78 is 3.83. The fraction of sp³-hybridized carbons (Fsp3) is 0.375. The molecule has 2 N–H and O–H groups in total. The molecule has 0 fully saturated rings. The van der Waals surface area contributed by atoms with Crippen molar-refractivity contribution in [3.63, 3.8) is 0 Å². The summed E-state index contributed by atoms with van der Waals surface area (Å²) in [6, 6.07) is 0. The molecule has 1 rings (SSSR count). The third-order valence-corrected chi connectivity index (χ3v) is 1.69. The van der Waals surface area contributed by atoms with Crippen molar-refractivity contribution in [2.45, 2.75) is 19.5 Å². The van der Waals surface area contributed by atoms with Gasteiger partial charge in [0, 0.05) is 0 Å². The summed E-state index contributed by atoms with van der Waals surface area (Å²) in [5, 5.41) is 0. The zero-order valence-corrected chi connectivity index (χ0v) is 6.77. The van der Waals surface area contributed by atoms with Crippen molar-refractivity contribution in [2.75, 3.05) is 0 Å². The molecule has 0 aliphatic rings. The molecule has 1 unspecified atom stereocenters. The molecule has 0 aromatic carbocycles. The molecule has 0 aliphatic heterocycles. The van der Waals surface area contributed by atoms with E-state index in [-0.39, 0.29) is 6.17 Å². The maximum absolute atomic E-state index is 5.78. The SMILES string of the molecule is C=Cn1cc[n+](C(N)CC)c1. The summed E-state index contributed by atoms with van der Waals surface area (Å²) in [5.74, 6) is 0. The molecule has 1 aromatic rings. The minimum absolute atomic E-state index is 0.0798. The van der Waals surface area contributed by atoms with Crippen LogP contribution in [0.3, 0.4) is 0 Å². The zero-order chi connectivity index (χ0) is 8.27. The molecule has 1 heterocycles. The highest BCUT2D eigenvalue weighted by Gasteiger charge is 2.07. The first-order chi connectivity index (χ1) is 5.27. The lowest BCUT2D eigenvalue weighted by molar-refractivity contribution is -0.721. The Balaban J connectivity index is 2.79. The van der Waals surface area contributed by atoms with Gasteiger partial charge in [-0.2, -0.15) is 0 Å². The summed E-state index contributed by atoms with van der Waals surface area (Å²) in [6.45, 7) is 5.70. The third kappa shape index (κ3) is 1.68. The standard InChI is InChI=1S/C8H14N3/c1-3-8(9)11-6-5-10(4-2)7-11/h4-8H,2-3,9H2,1H3/q+1. The van der Waals surface area contributed by atoms with Gasteiger partial charge >= 0.3 is 0 Å². The average Bonchev–Trinajstić information content (AvgIpc) is 2.50. The van der Waals surface area contributed by atoms with Crippen LogP contribution in [0.5, 0.6) is 0 Å². The fourth-order valence-corrected chi connectivity index (χ4v) is 0.900. The van der Waals surface area contributed by atoms with Gasteiger partial charge in [0.05, 0.1) is 6.20 Å². The number of nitrogens with zero attached hydrogens (tertiary/aromatic N) is 2. The van der Waals surface area contributed by atoms with Crippen LogP contribution >= 0.6 is 0 Å². The number of hydrogen-bond acceptors (Lipinski definition) is 1. The second kappa shape index (κ2) is 3.34. The lowest BCUT2D eigenvalue weighted by Crippen LogP contribution is -2.42. The van der Waals surface area contributed by atoms with Gasteiger partial charge in [0.15, 0.2) is 0 Å². The Labute approximate surface area is 66.8 Å². The van der Waals surface area contributed by atoms with Crippen LogP contribution < -0.4 is 10.3 Å². The molecule has 0 aliphatic carbocycles. The van der Waals surface area contributed by atoms with E-state index in [4.69, 9.17) is 5.73 Å². The highest BCUT2D eigenvalue weighted by Crippen LogP contribution is 1.92. The van der Waals surface area contributed by atoms with E-state index in [1.165, 1.54) is 0 Å². The van der Waals surface area contributed by atoms with E-state index >= 15 is 0 Å². The molecule has 3 heteroatoms. The van der Waals surface area contributed by atoms with Gasteiger partial charge in [-0.3, -0.25) is 5.73 Å². The largest absolute Gasteiger partial charge is 0.293 e. The number of rotatable bonds is 3. The molecule has 0 spiro atoms. The van der Waals surface area contributed by atoms with E-state index in [1.54, 1.807) is 6.20 Å². The van der Waals surface area contributed by atoms with Crippen molar-refractivity contribution < 1.29 is 4.57 Å². The Morgan fingerprint density at radius 3 is 3.00 bits per heavy atom. The van der Waals surface area contributed by atoms with E-state index in [9.17, 15) is 0 Å². The normalized spacial score (nSPS) is 12.9. The number of hydrogen-bond donors (Lipinski definition) is 1. The lowest BCUT2D eigenvalue weighted by atomic mass is 10.4. The molecule has 11 heavy (non-hydrogen) atoms. The van der Waals surface area contributed by atoms with Gasteiger partial charge in [-0.05, 0) is 6.42 Å². The van der Waals surface area contributed by atoms with Crippen molar-refractivity contribution >= 4 is 6.20 Å². The molecule has 3 nitrogen and oxygen atoms in total. The van der Waals surface area contributed by atoms with Gasteiger partial charge in [-0.1, -0.05) is 13.5 Å². The number of nitrogens with two attached hydrogens (primary N) is 1. The Hall–Kier alpha value is -1.09. The van der Waals surface area contributed by atoms with Gasteiger partial charge in [0.2, 0.25) is 6.33 Å². The van der Waals surface area contributed by atoms with E-state index in [2.05, 4.69) is 13.5 Å². The van der Waals surface area contributed by atoms with Crippen LogP contribution in [0.15, 0.2) is 25.3 Å². The van der Waals surface area contributed by atoms with Gasteiger partial charge < -0.3 is 0 Å². The predicted molar refractivity (Wildman–Crippen MR) is 44.5 cm³/mol. The van der Waals surface area contributed by atoms with Crippen molar-refractivity contribution in [2.24, 2.45) is 5.73 Å². The molecule has 0 radical (unpaired) electrons. The van der Waals surface area contributed by atoms with Gasteiger partial charge in [-0.25, -0.2) is 9.13 Å². The summed E-state index contributed by atoms with van der Waals surface area (Å²) in [7, 11) is 0. The highest BCUT2D eigenvalue weighted by molar-refractivity contribution is 5.13. The Morgan fingerprint density at radius 1 is 1.82 bits per heavy atom. The third-order valence-electron chi connectivity index (χ3n) is 1.69. The second-order valence-corrected chi connectivity index (χ2v) is 2.47. The average molecular weight is 152 g/mol. The first kappa shape index (κ1) is 8.01. The second-order valence-electron chi connectivity index (χ2n) is 2.47. The van der Waals surface area contributed by atoms with Crippen molar-refractivity contribution in [1.29, 1.82) is 0 Å². The van der Waals surface area contributed by atoms with Crippen LogP contribution in [-0.4, -0.2) is 4.57 Å². The molecule has 0 saturated heterocycles. The Morgan fingerprint density at radius 2 is 2.55 bits per heavy atom. The van der Waals surface area contributed by atoms with Crippen LogP contribution in [0.25, 0.3) is 6.20 Å². The van der Waals surface area contributed by atoms with E-state index in [0.29, 0.717) is 0 Å². The number of imidazole rings is 1. The maximum Gasteiger partial charge on any atom is 0.249 e. The lowest BCUT2D eigenvalue weighted by Gasteiger charge is -2.01. The van der Waals surface area contributed by atoms with E-state index < -0.39 is 0 Å². The predicted octanol–water partition coefficient (Wildman–Crippen LogP) is 0.743. The van der Waals surface area contributed by atoms with Gasteiger partial charge in [-0.15, -0.1) is 0 Å². The van der Waals surface area contributed by atoms with E-state index in [1.807, 2.05) is 27.9 Å². The summed E-state index contributed by atoms with van der Waals surface area (Å²) in [4.78, 5) is 0. The number of aromatic nitrogens is 2. The van der Waals surface area contributed by atoms with Crippen LogP contribution in [0, 0.1) is 0 Å². The monoisotopic (exact) mass is 152 g/mol.